The van der Waals surface area contributed by atoms with E-state index in [0.717, 1.165) is 5.19 Å². The van der Waals surface area contributed by atoms with E-state index in [0.29, 0.717) is 0 Å². The Labute approximate surface area is 84.0 Å². The predicted octanol–water partition coefficient (Wildman–Crippen LogP) is 0.587. The van der Waals surface area contributed by atoms with Gasteiger partial charge in [0.2, 0.25) is 0 Å². The van der Waals surface area contributed by atoms with Crippen molar-refractivity contribution in [3.63, 3.8) is 0 Å². The summed E-state index contributed by atoms with van der Waals surface area (Å²) in [5.74, 6) is -1.13. The Morgan fingerprint density at radius 1 is 1.29 bits per heavy atom. The first-order chi connectivity index (χ1) is 6.46. The van der Waals surface area contributed by atoms with Crippen molar-refractivity contribution in [2.45, 2.75) is 18.8 Å². The van der Waals surface area contributed by atoms with Crippen molar-refractivity contribution in [1.82, 2.24) is 0 Å². The molecular weight excluding hydrogens is 196 g/mol. The SMILES string of the molecule is C[Si](C)(c1ccccc1)C(O)C(=O)O. The summed E-state index contributed by atoms with van der Waals surface area (Å²) in [6.45, 7) is 3.70. The van der Waals surface area contributed by atoms with Gasteiger partial charge in [-0.15, -0.1) is 0 Å². The molecule has 2 N–H and O–H groups in total. The number of hydrogen-bond donors (Lipinski definition) is 2. The fourth-order valence-corrected chi connectivity index (χ4v) is 3.32. The van der Waals surface area contributed by atoms with E-state index in [9.17, 15) is 9.90 Å². The smallest absolute Gasteiger partial charge is 0.329 e. The van der Waals surface area contributed by atoms with Gasteiger partial charge in [0.15, 0.2) is 0 Å². The molecule has 0 saturated carbocycles. The molecule has 1 aromatic carbocycles. The molecule has 1 rings (SSSR count). The highest BCUT2D eigenvalue weighted by Crippen LogP contribution is 2.09. The van der Waals surface area contributed by atoms with Crippen LogP contribution in [0.15, 0.2) is 30.3 Å². The van der Waals surface area contributed by atoms with Crippen LogP contribution < -0.4 is 5.19 Å². The number of carbonyl (C=O) groups is 1. The van der Waals surface area contributed by atoms with E-state index in [2.05, 4.69) is 0 Å². The van der Waals surface area contributed by atoms with Gasteiger partial charge in [-0.25, -0.2) is 4.79 Å². The average molecular weight is 210 g/mol. The van der Waals surface area contributed by atoms with Gasteiger partial charge in [0.25, 0.3) is 0 Å². The third kappa shape index (κ3) is 2.02. The molecule has 0 aliphatic rings. The molecule has 1 atom stereocenters. The molecule has 3 nitrogen and oxygen atoms in total. The van der Waals surface area contributed by atoms with Gasteiger partial charge < -0.3 is 10.2 Å². The highest BCUT2D eigenvalue weighted by atomic mass is 28.3. The van der Waals surface area contributed by atoms with Crippen molar-refractivity contribution in [3.8, 4) is 0 Å². The first kappa shape index (κ1) is 10.9. The summed E-state index contributed by atoms with van der Waals surface area (Å²) in [7, 11) is -2.29. The second kappa shape index (κ2) is 3.94. The van der Waals surface area contributed by atoms with E-state index in [-0.39, 0.29) is 0 Å². The Kier molecular flexibility index (Phi) is 3.08. The van der Waals surface area contributed by atoms with Crippen LogP contribution in [0.25, 0.3) is 0 Å². The highest BCUT2D eigenvalue weighted by molar-refractivity contribution is 6.92. The molecular formula is C10H14O3Si. The third-order valence-corrected chi connectivity index (χ3v) is 5.87. The van der Waals surface area contributed by atoms with E-state index in [1.807, 2.05) is 43.4 Å². The second-order valence-electron chi connectivity index (χ2n) is 3.83. The van der Waals surface area contributed by atoms with Crippen LogP contribution in [-0.4, -0.2) is 30.0 Å². The number of carboxylic acids is 1. The Hall–Kier alpha value is -1.13. The fraction of sp³-hybridized carbons (Fsp3) is 0.300. The zero-order valence-electron chi connectivity index (χ0n) is 8.27. The Bertz CT molecular complexity index is 321. The molecule has 0 bridgehead atoms. The minimum absolute atomic E-state index is 0.954. The summed E-state index contributed by atoms with van der Waals surface area (Å²) >= 11 is 0. The number of aliphatic carboxylic acids is 1. The average Bonchev–Trinajstić information content (AvgIpc) is 2.18. The van der Waals surface area contributed by atoms with Gasteiger partial charge in [-0.2, -0.15) is 0 Å². The maximum atomic E-state index is 10.7. The Balaban J connectivity index is 3.02. The lowest BCUT2D eigenvalue weighted by molar-refractivity contribution is -0.142. The molecule has 0 radical (unpaired) electrons. The minimum atomic E-state index is -2.29. The minimum Gasteiger partial charge on any atom is -0.480 e. The van der Waals surface area contributed by atoms with Crippen LogP contribution in [0.3, 0.4) is 0 Å². The fourth-order valence-electron chi connectivity index (χ4n) is 1.33. The van der Waals surface area contributed by atoms with Gasteiger partial charge in [0.1, 0.15) is 13.8 Å². The molecule has 14 heavy (non-hydrogen) atoms. The summed E-state index contributed by atoms with van der Waals surface area (Å²) in [5, 5.41) is 19.3. The summed E-state index contributed by atoms with van der Waals surface area (Å²) in [5.41, 5.74) is -1.25. The van der Waals surface area contributed by atoms with Gasteiger partial charge in [-0.1, -0.05) is 48.6 Å². The molecule has 1 unspecified atom stereocenters. The second-order valence-corrected chi connectivity index (χ2v) is 8.40. The Morgan fingerprint density at radius 2 is 1.79 bits per heavy atom. The van der Waals surface area contributed by atoms with Crippen molar-refractivity contribution in [2.75, 3.05) is 0 Å². The molecule has 0 aromatic heterocycles. The molecule has 4 heteroatoms. The van der Waals surface area contributed by atoms with Gasteiger partial charge in [-0.05, 0) is 0 Å². The molecule has 0 saturated heterocycles. The van der Waals surface area contributed by atoms with Crippen LogP contribution in [-0.2, 0) is 4.79 Å². The van der Waals surface area contributed by atoms with Crippen LogP contribution in [0.2, 0.25) is 13.1 Å². The van der Waals surface area contributed by atoms with Crippen LogP contribution in [0.4, 0.5) is 0 Å². The number of carboxylic acid groups (broad SMARTS) is 1. The van der Waals surface area contributed by atoms with Gasteiger partial charge in [-0.3, -0.25) is 0 Å². The molecule has 0 aliphatic carbocycles. The Morgan fingerprint density at radius 3 is 2.21 bits per heavy atom. The first-order valence-electron chi connectivity index (χ1n) is 4.42. The topological polar surface area (TPSA) is 57.5 Å². The largest absolute Gasteiger partial charge is 0.480 e. The maximum Gasteiger partial charge on any atom is 0.329 e. The van der Waals surface area contributed by atoms with E-state index >= 15 is 0 Å². The first-order valence-corrected chi connectivity index (χ1v) is 7.50. The monoisotopic (exact) mass is 210 g/mol. The van der Waals surface area contributed by atoms with Crippen LogP contribution in [0, 0.1) is 0 Å². The standard InChI is InChI=1S/C10H14O3Si/c1-14(2,10(13)9(11)12)8-6-4-3-5-7-8/h3-7,10,13H,1-2H3,(H,11,12). The van der Waals surface area contributed by atoms with Crippen molar-refractivity contribution < 1.29 is 15.0 Å². The molecule has 0 amide bonds. The molecule has 0 aliphatic heterocycles. The lowest BCUT2D eigenvalue weighted by atomic mass is 10.4. The molecule has 1 aromatic rings. The quantitative estimate of drug-likeness (QED) is 0.718. The van der Waals surface area contributed by atoms with E-state index in [1.54, 1.807) is 0 Å². The summed E-state index contributed by atoms with van der Waals surface area (Å²) in [4.78, 5) is 10.7. The van der Waals surface area contributed by atoms with Gasteiger partial charge in [0, 0.05) is 0 Å². The van der Waals surface area contributed by atoms with Crippen LogP contribution in [0.1, 0.15) is 0 Å². The number of aliphatic hydroxyl groups excluding tert-OH is 1. The zero-order chi connectivity index (χ0) is 10.8. The molecule has 0 heterocycles. The molecule has 0 fully saturated rings. The third-order valence-electron chi connectivity index (χ3n) is 2.44. The van der Waals surface area contributed by atoms with E-state index in [4.69, 9.17) is 5.11 Å². The molecule has 76 valence electrons. The summed E-state index contributed by atoms with van der Waals surface area (Å²) < 4.78 is 0. The highest BCUT2D eigenvalue weighted by Gasteiger charge is 2.37. The number of aliphatic hydroxyl groups is 1. The number of rotatable bonds is 3. The zero-order valence-corrected chi connectivity index (χ0v) is 9.27. The van der Waals surface area contributed by atoms with Crippen molar-refractivity contribution in [3.05, 3.63) is 30.3 Å². The summed E-state index contributed by atoms with van der Waals surface area (Å²) in [6.07, 6.45) is 0. The maximum absolute atomic E-state index is 10.7. The van der Waals surface area contributed by atoms with E-state index < -0.39 is 19.8 Å². The van der Waals surface area contributed by atoms with Crippen LogP contribution >= 0.6 is 0 Å². The molecule has 0 spiro atoms. The lowest BCUT2D eigenvalue weighted by Gasteiger charge is -2.25. The number of benzene rings is 1. The number of hydrogen-bond acceptors (Lipinski definition) is 2. The van der Waals surface area contributed by atoms with Crippen LogP contribution in [0.5, 0.6) is 0 Å². The summed E-state index contributed by atoms with van der Waals surface area (Å²) in [6, 6.07) is 9.34. The normalized spacial score (nSPS) is 13.6. The lowest BCUT2D eigenvalue weighted by Crippen LogP contribution is -2.56. The van der Waals surface area contributed by atoms with Crippen molar-refractivity contribution in [1.29, 1.82) is 0 Å². The predicted molar refractivity (Wildman–Crippen MR) is 57.2 cm³/mol. The van der Waals surface area contributed by atoms with Gasteiger partial charge >= 0.3 is 5.97 Å². The van der Waals surface area contributed by atoms with Crippen molar-refractivity contribution in [2.24, 2.45) is 0 Å². The van der Waals surface area contributed by atoms with Gasteiger partial charge in [0.05, 0.1) is 0 Å². The van der Waals surface area contributed by atoms with E-state index in [1.165, 1.54) is 0 Å². The van der Waals surface area contributed by atoms with Crippen molar-refractivity contribution >= 4 is 19.2 Å².